The van der Waals surface area contributed by atoms with Crippen LogP contribution in [0.1, 0.15) is 58.2 Å². The first-order chi connectivity index (χ1) is 14.9. The third-order valence-corrected chi connectivity index (χ3v) is 4.78. The Morgan fingerprint density at radius 2 is 1.69 bits per heavy atom. The molecule has 0 spiro atoms. The van der Waals surface area contributed by atoms with Crippen molar-refractivity contribution in [2.75, 3.05) is 20.2 Å². The first-order valence-corrected chi connectivity index (χ1v) is 10.6. The lowest BCUT2D eigenvalue weighted by Crippen LogP contribution is -2.51. The second-order valence-corrected chi connectivity index (χ2v) is 8.47. The Bertz CT molecular complexity index is 818. The summed E-state index contributed by atoms with van der Waals surface area (Å²) in [5.74, 6) is -1.57. The Labute approximate surface area is 189 Å². The van der Waals surface area contributed by atoms with Gasteiger partial charge in [0.2, 0.25) is 11.8 Å². The van der Waals surface area contributed by atoms with E-state index >= 15 is 0 Å². The fourth-order valence-corrected chi connectivity index (χ4v) is 3.03. The average Bonchev–Trinajstić information content (AvgIpc) is 2.72. The van der Waals surface area contributed by atoms with Gasteiger partial charge in [-0.15, -0.1) is 0 Å². The second kappa shape index (κ2) is 12.1. The molecule has 9 nitrogen and oxygen atoms in total. The zero-order valence-corrected chi connectivity index (χ0v) is 20.0. The van der Waals surface area contributed by atoms with E-state index in [1.165, 1.54) is 12.0 Å². The summed E-state index contributed by atoms with van der Waals surface area (Å²) in [6.07, 6.45) is -0.150. The highest BCUT2D eigenvalue weighted by atomic mass is 16.6. The van der Waals surface area contributed by atoms with Crippen molar-refractivity contribution < 1.29 is 28.7 Å². The molecule has 0 aliphatic rings. The molecule has 9 heteroatoms. The largest absolute Gasteiger partial charge is 0.468 e. The molecule has 0 bridgehead atoms. The van der Waals surface area contributed by atoms with Crippen molar-refractivity contribution in [2.45, 2.75) is 65.6 Å². The van der Waals surface area contributed by atoms with Gasteiger partial charge in [-0.2, -0.15) is 0 Å². The maximum atomic E-state index is 13.2. The lowest BCUT2D eigenvalue weighted by atomic mass is 9.97. The van der Waals surface area contributed by atoms with Crippen molar-refractivity contribution in [1.29, 1.82) is 0 Å². The monoisotopic (exact) mass is 449 g/mol. The number of carbonyl (C=O) groups is 4. The molecule has 0 saturated carbocycles. The van der Waals surface area contributed by atoms with Crippen LogP contribution in [-0.2, 0) is 23.9 Å². The van der Waals surface area contributed by atoms with E-state index in [9.17, 15) is 19.2 Å². The number of alkyl carbamates (subject to hydrolysis) is 1. The molecule has 0 saturated heterocycles. The third-order valence-electron chi connectivity index (χ3n) is 4.78. The molecular weight excluding hydrogens is 414 g/mol. The van der Waals surface area contributed by atoms with Crippen molar-refractivity contribution >= 4 is 23.9 Å². The molecule has 32 heavy (non-hydrogen) atoms. The van der Waals surface area contributed by atoms with Gasteiger partial charge in [0, 0.05) is 6.04 Å². The highest BCUT2D eigenvalue weighted by Crippen LogP contribution is 2.27. The molecule has 2 unspecified atom stereocenters. The van der Waals surface area contributed by atoms with Gasteiger partial charge in [-0.3, -0.25) is 14.4 Å². The number of nitrogens with zero attached hydrogens (tertiary/aromatic N) is 1. The Morgan fingerprint density at radius 3 is 2.22 bits per heavy atom. The minimum Gasteiger partial charge on any atom is -0.468 e. The summed E-state index contributed by atoms with van der Waals surface area (Å²) in [5.41, 5.74) is 0.730. The summed E-state index contributed by atoms with van der Waals surface area (Å²) in [6.45, 7) is 10.1. The van der Waals surface area contributed by atoms with Crippen molar-refractivity contribution in [2.24, 2.45) is 0 Å². The summed E-state index contributed by atoms with van der Waals surface area (Å²) in [7, 11) is 1.23. The Hall–Kier alpha value is -3.10. The van der Waals surface area contributed by atoms with Crippen LogP contribution in [0.25, 0.3) is 0 Å². The molecular formula is C23H35N3O6. The number of aryl methyl sites for hydroxylation is 1. The van der Waals surface area contributed by atoms with Crippen LogP contribution >= 0.6 is 0 Å². The number of carbonyl (C=O) groups excluding carboxylic acids is 4. The predicted molar refractivity (Wildman–Crippen MR) is 120 cm³/mol. The number of nitrogens with one attached hydrogen (secondary N) is 2. The number of ether oxygens (including phenoxy) is 2. The summed E-state index contributed by atoms with van der Waals surface area (Å²) in [4.78, 5) is 51.4. The van der Waals surface area contributed by atoms with Gasteiger partial charge in [-0.1, -0.05) is 31.2 Å². The van der Waals surface area contributed by atoms with Gasteiger partial charge < -0.3 is 25.0 Å². The Morgan fingerprint density at radius 1 is 1.06 bits per heavy atom. The molecule has 1 aromatic rings. The third kappa shape index (κ3) is 8.20. The van der Waals surface area contributed by atoms with Crippen LogP contribution in [0.2, 0.25) is 0 Å². The van der Waals surface area contributed by atoms with Crippen molar-refractivity contribution in [3.8, 4) is 0 Å². The zero-order chi connectivity index (χ0) is 24.5. The quantitative estimate of drug-likeness (QED) is 0.560. The average molecular weight is 450 g/mol. The van der Waals surface area contributed by atoms with E-state index < -0.39 is 35.5 Å². The van der Waals surface area contributed by atoms with Crippen LogP contribution in [0.3, 0.4) is 0 Å². The van der Waals surface area contributed by atoms with Gasteiger partial charge in [0.15, 0.2) is 0 Å². The minimum atomic E-state index is -0.997. The number of hydrogen-bond acceptors (Lipinski definition) is 6. The van der Waals surface area contributed by atoms with E-state index in [4.69, 9.17) is 4.74 Å². The molecule has 1 aromatic carbocycles. The highest BCUT2D eigenvalue weighted by molar-refractivity contribution is 5.92. The molecule has 178 valence electrons. The van der Waals surface area contributed by atoms with E-state index in [1.807, 2.05) is 32.9 Å². The lowest BCUT2D eigenvalue weighted by molar-refractivity contribution is -0.145. The van der Waals surface area contributed by atoms with E-state index in [2.05, 4.69) is 15.4 Å². The molecule has 0 radical (unpaired) electrons. The number of esters is 1. The second-order valence-electron chi connectivity index (χ2n) is 8.47. The van der Waals surface area contributed by atoms with E-state index in [0.717, 1.165) is 5.56 Å². The van der Waals surface area contributed by atoms with E-state index in [-0.39, 0.29) is 19.1 Å². The fraction of sp³-hybridized carbons (Fsp3) is 0.565. The maximum absolute atomic E-state index is 13.2. The Balaban J connectivity index is 3.24. The Kier molecular flexibility index (Phi) is 10.2. The molecule has 2 N–H and O–H groups in total. The molecule has 1 rings (SSSR count). The van der Waals surface area contributed by atoms with Crippen molar-refractivity contribution in [3.63, 3.8) is 0 Å². The van der Waals surface area contributed by atoms with E-state index in [0.29, 0.717) is 12.0 Å². The summed E-state index contributed by atoms with van der Waals surface area (Å²) in [5, 5.41) is 5.01. The fourth-order valence-electron chi connectivity index (χ4n) is 3.03. The zero-order valence-electron chi connectivity index (χ0n) is 20.0. The van der Waals surface area contributed by atoms with E-state index in [1.54, 1.807) is 32.9 Å². The molecule has 2 atom stereocenters. The molecule has 3 amide bonds. The van der Waals surface area contributed by atoms with Crippen molar-refractivity contribution in [3.05, 3.63) is 35.4 Å². The molecule has 0 aliphatic heterocycles. The number of hydrogen-bond donors (Lipinski definition) is 2. The number of benzene rings is 1. The first kappa shape index (κ1) is 26.9. The normalized spacial score (nSPS) is 12.8. The molecule has 0 fully saturated rings. The van der Waals surface area contributed by atoms with Crippen LogP contribution in [-0.4, -0.2) is 60.6 Å². The van der Waals surface area contributed by atoms with Gasteiger partial charge >= 0.3 is 12.1 Å². The number of methoxy groups -OCH3 is 1. The molecule has 0 aliphatic carbocycles. The van der Waals surface area contributed by atoms with Gasteiger partial charge in [-0.05, 0) is 52.2 Å². The topological polar surface area (TPSA) is 114 Å². The van der Waals surface area contributed by atoms with Gasteiger partial charge in [0.25, 0.3) is 0 Å². The van der Waals surface area contributed by atoms with Crippen LogP contribution < -0.4 is 10.6 Å². The molecule has 0 aromatic heterocycles. The van der Waals surface area contributed by atoms with Crippen LogP contribution in [0, 0.1) is 6.92 Å². The first-order valence-electron chi connectivity index (χ1n) is 10.6. The summed E-state index contributed by atoms with van der Waals surface area (Å²) >= 11 is 0. The lowest BCUT2D eigenvalue weighted by Gasteiger charge is -2.36. The van der Waals surface area contributed by atoms with Gasteiger partial charge in [-0.25, -0.2) is 4.79 Å². The van der Waals surface area contributed by atoms with Crippen LogP contribution in [0.4, 0.5) is 4.79 Å². The standard InChI is InChI=1S/C23H35N3O6/c1-8-16(3)26(18(27)13-25-22(30)32-23(4,5)6)20(17-12-10-9-11-15(17)2)21(29)24-14-19(28)31-7/h9-12,16,20H,8,13-14H2,1-7H3,(H,24,29)(H,25,30). The van der Waals surface area contributed by atoms with Crippen LogP contribution in [0.15, 0.2) is 24.3 Å². The smallest absolute Gasteiger partial charge is 0.408 e. The van der Waals surface area contributed by atoms with Gasteiger partial charge in [0.05, 0.1) is 7.11 Å². The number of amides is 3. The predicted octanol–water partition coefficient (Wildman–Crippen LogP) is 2.48. The highest BCUT2D eigenvalue weighted by Gasteiger charge is 2.35. The minimum absolute atomic E-state index is 0.323. The number of rotatable bonds is 9. The van der Waals surface area contributed by atoms with Crippen LogP contribution in [0.5, 0.6) is 0 Å². The molecule has 0 heterocycles. The summed E-state index contributed by atoms with van der Waals surface area (Å²) < 4.78 is 9.79. The SMILES string of the molecule is CCC(C)N(C(=O)CNC(=O)OC(C)(C)C)C(C(=O)NCC(=O)OC)c1ccccc1C. The van der Waals surface area contributed by atoms with Crippen molar-refractivity contribution in [1.82, 2.24) is 15.5 Å². The summed E-state index contributed by atoms with van der Waals surface area (Å²) in [6, 6.07) is 5.90. The maximum Gasteiger partial charge on any atom is 0.408 e. The van der Waals surface area contributed by atoms with Gasteiger partial charge in [0.1, 0.15) is 24.7 Å².